The molecule has 5 rings (SSSR count). The van der Waals surface area contributed by atoms with E-state index in [0.717, 1.165) is 51.3 Å². The van der Waals surface area contributed by atoms with Gasteiger partial charge in [-0.25, -0.2) is 4.98 Å². The Labute approximate surface area is 160 Å². The van der Waals surface area contributed by atoms with Gasteiger partial charge in [0, 0.05) is 42.9 Å². The van der Waals surface area contributed by atoms with E-state index in [1.807, 2.05) is 4.57 Å². The number of hydrogen-bond acceptors (Lipinski definition) is 4. The van der Waals surface area contributed by atoms with Gasteiger partial charge < -0.3 is 0 Å². The highest BCUT2D eigenvalue weighted by Crippen LogP contribution is 2.38. The van der Waals surface area contributed by atoms with Crippen molar-refractivity contribution >= 4 is 0 Å². The second-order valence-corrected chi connectivity index (χ2v) is 8.59. The third-order valence-corrected chi connectivity index (χ3v) is 6.52. The van der Waals surface area contributed by atoms with Crippen molar-refractivity contribution < 1.29 is 0 Å². The van der Waals surface area contributed by atoms with E-state index in [1.165, 1.54) is 43.4 Å². The van der Waals surface area contributed by atoms with Gasteiger partial charge in [-0.2, -0.15) is 5.10 Å². The fourth-order valence-electron chi connectivity index (χ4n) is 4.64. The molecule has 1 aliphatic carbocycles. The predicted octanol–water partition coefficient (Wildman–Crippen LogP) is 2.57. The monoisotopic (exact) mass is 367 g/mol. The lowest BCUT2D eigenvalue weighted by atomic mass is 9.96. The summed E-state index contributed by atoms with van der Waals surface area (Å²) in [5.41, 5.74) is 4.00. The zero-order valence-corrected chi connectivity index (χ0v) is 16.0. The van der Waals surface area contributed by atoms with E-state index in [-0.39, 0.29) is 5.56 Å². The van der Waals surface area contributed by atoms with Crippen LogP contribution in [0, 0.1) is 5.92 Å². The van der Waals surface area contributed by atoms with Crippen LogP contribution in [0.5, 0.6) is 0 Å². The van der Waals surface area contributed by atoms with Crippen LogP contribution >= 0.6 is 0 Å². The fraction of sp³-hybridized carbons (Fsp3) is 0.667. The zero-order chi connectivity index (χ0) is 18.2. The molecule has 0 aromatic carbocycles. The summed E-state index contributed by atoms with van der Waals surface area (Å²) < 4.78 is 4.02. The average Bonchev–Trinajstić information content (AvgIpc) is 3.47. The first-order valence-electron chi connectivity index (χ1n) is 10.6. The molecular weight excluding hydrogens is 338 g/mol. The lowest BCUT2D eigenvalue weighted by Crippen LogP contribution is -2.36. The lowest BCUT2D eigenvalue weighted by Gasteiger charge is -2.32. The summed E-state index contributed by atoms with van der Waals surface area (Å²) in [6, 6.07) is 1.76. The molecule has 27 heavy (non-hydrogen) atoms. The van der Waals surface area contributed by atoms with Crippen LogP contribution in [-0.2, 0) is 26.1 Å². The Balaban J connectivity index is 1.16. The number of piperidine rings is 1. The van der Waals surface area contributed by atoms with Crippen molar-refractivity contribution in [3.8, 4) is 0 Å². The molecule has 0 N–H and O–H groups in total. The molecule has 4 heterocycles. The van der Waals surface area contributed by atoms with Crippen LogP contribution in [0.2, 0.25) is 0 Å². The summed E-state index contributed by atoms with van der Waals surface area (Å²) in [4.78, 5) is 19.4. The first kappa shape index (κ1) is 17.2. The number of likely N-dealkylation sites (tertiary alicyclic amines) is 1. The largest absolute Gasteiger partial charge is 0.299 e. The third kappa shape index (κ3) is 3.72. The summed E-state index contributed by atoms with van der Waals surface area (Å²) >= 11 is 0. The predicted molar refractivity (Wildman–Crippen MR) is 104 cm³/mol. The number of nitrogens with zero attached hydrogens (tertiary/aromatic N) is 5. The Bertz CT molecular complexity index is 858. The van der Waals surface area contributed by atoms with E-state index in [0.29, 0.717) is 11.8 Å². The van der Waals surface area contributed by atoms with E-state index in [9.17, 15) is 4.79 Å². The van der Waals surface area contributed by atoms with E-state index in [4.69, 9.17) is 0 Å². The van der Waals surface area contributed by atoms with E-state index in [2.05, 4.69) is 25.9 Å². The maximum atomic E-state index is 12.4. The molecule has 6 nitrogen and oxygen atoms in total. The van der Waals surface area contributed by atoms with Crippen molar-refractivity contribution in [3.63, 3.8) is 0 Å². The number of fused-ring (bicyclic) bond motifs is 1. The van der Waals surface area contributed by atoms with E-state index < -0.39 is 0 Å². The van der Waals surface area contributed by atoms with Gasteiger partial charge in [0.15, 0.2) is 0 Å². The highest BCUT2D eigenvalue weighted by molar-refractivity contribution is 5.19. The summed E-state index contributed by atoms with van der Waals surface area (Å²) in [5, 5.41) is 4.57. The van der Waals surface area contributed by atoms with Crippen molar-refractivity contribution in [3.05, 3.63) is 45.9 Å². The highest BCUT2D eigenvalue weighted by Gasteiger charge is 2.26. The van der Waals surface area contributed by atoms with E-state index >= 15 is 0 Å². The smallest absolute Gasteiger partial charge is 0.253 e. The van der Waals surface area contributed by atoms with Crippen molar-refractivity contribution in [2.24, 2.45) is 5.92 Å². The summed E-state index contributed by atoms with van der Waals surface area (Å²) in [5.74, 6) is 1.12. The average molecular weight is 367 g/mol. The maximum absolute atomic E-state index is 12.4. The van der Waals surface area contributed by atoms with Crippen LogP contribution in [0.3, 0.4) is 0 Å². The van der Waals surface area contributed by atoms with Gasteiger partial charge in [0.2, 0.25) is 0 Å². The molecule has 0 unspecified atom stereocenters. The molecule has 3 aliphatic rings. The number of hydrogen-bond donors (Lipinski definition) is 0. The minimum Gasteiger partial charge on any atom is -0.299 e. The third-order valence-electron chi connectivity index (χ3n) is 6.52. The first-order valence-corrected chi connectivity index (χ1v) is 10.6. The van der Waals surface area contributed by atoms with Gasteiger partial charge in [-0.05, 0) is 64.0 Å². The molecule has 0 radical (unpaired) electrons. The van der Waals surface area contributed by atoms with Crippen molar-refractivity contribution in [1.29, 1.82) is 0 Å². The van der Waals surface area contributed by atoms with Crippen LogP contribution in [0.15, 0.2) is 23.4 Å². The molecule has 0 atom stereocenters. The minimum absolute atomic E-state index is 0.126. The number of aryl methyl sites for hydroxylation is 1. The Morgan fingerprint density at radius 1 is 1.07 bits per heavy atom. The molecule has 6 heteroatoms. The number of aromatic nitrogens is 4. The number of rotatable bonds is 5. The fourth-order valence-corrected chi connectivity index (χ4v) is 4.64. The summed E-state index contributed by atoms with van der Waals surface area (Å²) in [6.45, 7) is 5.14. The summed E-state index contributed by atoms with van der Waals surface area (Å²) in [7, 11) is 0. The maximum Gasteiger partial charge on any atom is 0.253 e. The van der Waals surface area contributed by atoms with Crippen molar-refractivity contribution in [2.75, 3.05) is 13.1 Å². The van der Waals surface area contributed by atoms with Gasteiger partial charge in [0.25, 0.3) is 5.56 Å². The Morgan fingerprint density at radius 3 is 2.70 bits per heavy atom. The molecule has 2 aliphatic heterocycles. The topological polar surface area (TPSA) is 56.0 Å². The molecule has 0 amide bonds. The first-order chi connectivity index (χ1) is 13.3. The quantitative estimate of drug-likeness (QED) is 0.815. The standard InChI is InChI=1S/C21H29N5O/c27-21-11-19(17-4-5-17)22-15-25(21)13-16-6-9-24(10-7-16)14-18-12-23-26-8-2-1-3-20(18)26/h11-12,15-17H,1-10,13-14H2. The van der Waals surface area contributed by atoms with Crippen LogP contribution in [0.4, 0.5) is 0 Å². The lowest BCUT2D eigenvalue weighted by molar-refractivity contribution is 0.165. The Kier molecular flexibility index (Phi) is 4.60. The second kappa shape index (κ2) is 7.23. The molecule has 0 bridgehead atoms. The van der Waals surface area contributed by atoms with Gasteiger partial charge in [-0.3, -0.25) is 18.9 Å². The summed E-state index contributed by atoms with van der Waals surface area (Å²) in [6.07, 6.45) is 12.3. The van der Waals surface area contributed by atoms with Crippen LogP contribution in [0.1, 0.15) is 61.4 Å². The Morgan fingerprint density at radius 2 is 1.93 bits per heavy atom. The molecular formula is C21H29N5O. The molecule has 1 saturated carbocycles. The van der Waals surface area contributed by atoms with Crippen LogP contribution < -0.4 is 5.56 Å². The molecule has 0 spiro atoms. The molecule has 2 aromatic heterocycles. The normalized spacial score (nSPS) is 21.3. The minimum atomic E-state index is 0.126. The van der Waals surface area contributed by atoms with E-state index in [1.54, 1.807) is 12.4 Å². The Hall–Kier alpha value is -1.95. The second-order valence-electron chi connectivity index (χ2n) is 8.59. The van der Waals surface area contributed by atoms with Crippen molar-refractivity contribution in [1.82, 2.24) is 24.2 Å². The SMILES string of the molecule is O=c1cc(C2CC2)ncn1CC1CCN(Cc2cnn3c2CCCC3)CC1. The van der Waals surface area contributed by atoms with Gasteiger partial charge >= 0.3 is 0 Å². The molecule has 1 saturated heterocycles. The molecule has 2 aromatic rings. The van der Waals surface area contributed by atoms with Crippen LogP contribution in [-0.4, -0.2) is 37.3 Å². The van der Waals surface area contributed by atoms with Gasteiger partial charge in [-0.1, -0.05) is 0 Å². The van der Waals surface area contributed by atoms with Gasteiger partial charge in [0.1, 0.15) is 0 Å². The molecule has 2 fully saturated rings. The van der Waals surface area contributed by atoms with Gasteiger partial charge in [0.05, 0.1) is 18.2 Å². The zero-order valence-electron chi connectivity index (χ0n) is 16.0. The van der Waals surface area contributed by atoms with Gasteiger partial charge in [-0.15, -0.1) is 0 Å². The van der Waals surface area contributed by atoms with Crippen molar-refractivity contribution in [2.45, 2.75) is 70.5 Å². The highest BCUT2D eigenvalue weighted by atomic mass is 16.1. The van der Waals surface area contributed by atoms with Crippen LogP contribution in [0.25, 0.3) is 0 Å². The molecule has 144 valence electrons.